The molecule has 1 fully saturated rings. The fraction of sp³-hybridized carbons (Fsp3) is 0.700. The Labute approximate surface area is 89.1 Å². The highest BCUT2D eigenvalue weighted by atomic mass is 16.1. The maximum Gasteiger partial charge on any atom is 0.171 e. The highest BCUT2D eigenvalue weighted by Gasteiger charge is 2.21. The quantitative estimate of drug-likeness (QED) is 0.673. The summed E-state index contributed by atoms with van der Waals surface area (Å²) in [7, 11) is 0. The van der Waals surface area contributed by atoms with Gasteiger partial charge in [0.15, 0.2) is 6.29 Å². The molecule has 0 saturated carbocycles. The molecule has 15 heavy (non-hydrogen) atoms. The van der Waals surface area contributed by atoms with Crippen molar-refractivity contribution in [1.29, 1.82) is 0 Å². The number of hydrogen-bond acceptors (Lipinski definition) is 4. The van der Waals surface area contributed by atoms with Gasteiger partial charge in [-0.05, 0) is 25.4 Å². The first-order valence-electron chi connectivity index (χ1n) is 5.39. The van der Waals surface area contributed by atoms with E-state index in [9.17, 15) is 4.79 Å². The lowest BCUT2D eigenvalue weighted by Crippen LogP contribution is -2.21. The first-order chi connectivity index (χ1) is 7.31. The second kappa shape index (κ2) is 4.53. The van der Waals surface area contributed by atoms with Crippen LogP contribution in [0.2, 0.25) is 0 Å². The van der Waals surface area contributed by atoms with E-state index < -0.39 is 0 Å². The molecule has 0 N–H and O–H groups in total. The van der Waals surface area contributed by atoms with Gasteiger partial charge >= 0.3 is 0 Å². The predicted molar refractivity (Wildman–Crippen MR) is 55.6 cm³/mol. The van der Waals surface area contributed by atoms with Gasteiger partial charge in [0.2, 0.25) is 0 Å². The molecule has 1 unspecified atom stereocenters. The molecule has 2 heterocycles. The largest absolute Gasteiger partial charge is 0.303 e. The zero-order chi connectivity index (χ0) is 10.7. The van der Waals surface area contributed by atoms with Crippen LogP contribution in [0.5, 0.6) is 0 Å². The molecule has 5 heteroatoms. The molecular formula is C10H16N4O. The first-order valence-corrected chi connectivity index (χ1v) is 5.39. The van der Waals surface area contributed by atoms with Crippen LogP contribution in [0, 0.1) is 5.92 Å². The lowest BCUT2D eigenvalue weighted by molar-refractivity contribution is 0.111. The summed E-state index contributed by atoms with van der Waals surface area (Å²) in [6.45, 7) is 6.48. The third kappa shape index (κ3) is 2.41. The van der Waals surface area contributed by atoms with Gasteiger partial charge in [-0.2, -0.15) is 0 Å². The van der Waals surface area contributed by atoms with E-state index in [1.807, 2.05) is 0 Å². The van der Waals surface area contributed by atoms with Gasteiger partial charge < -0.3 is 4.90 Å². The van der Waals surface area contributed by atoms with Crippen molar-refractivity contribution in [2.45, 2.75) is 19.9 Å². The minimum Gasteiger partial charge on any atom is -0.303 e. The fourth-order valence-corrected chi connectivity index (χ4v) is 2.07. The van der Waals surface area contributed by atoms with E-state index in [0.717, 1.165) is 25.9 Å². The molecule has 1 saturated heterocycles. The van der Waals surface area contributed by atoms with E-state index in [1.165, 1.54) is 13.0 Å². The van der Waals surface area contributed by atoms with Crippen LogP contribution < -0.4 is 0 Å². The minimum atomic E-state index is 0.417. The third-order valence-electron chi connectivity index (χ3n) is 2.94. The summed E-state index contributed by atoms with van der Waals surface area (Å²) >= 11 is 0. The van der Waals surface area contributed by atoms with E-state index >= 15 is 0 Å². The third-order valence-corrected chi connectivity index (χ3v) is 2.94. The number of hydrogen-bond donors (Lipinski definition) is 0. The van der Waals surface area contributed by atoms with E-state index in [4.69, 9.17) is 0 Å². The van der Waals surface area contributed by atoms with E-state index in [-0.39, 0.29) is 0 Å². The van der Waals surface area contributed by atoms with Crippen LogP contribution >= 0.6 is 0 Å². The summed E-state index contributed by atoms with van der Waals surface area (Å²) in [5, 5.41) is 7.67. The first kappa shape index (κ1) is 10.3. The molecule has 2 rings (SSSR count). The average Bonchev–Trinajstić information content (AvgIpc) is 2.87. The number of carbonyl (C=O) groups is 1. The van der Waals surface area contributed by atoms with Crippen LogP contribution in [0.1, 0.15) is 23.8 Å². The summed E-state index contributed by atoms with van der Waals surface area (Å²) in [6, 6.07) is 0. The summed E-state index contributed by atoms with van der Waals surface area (Å²) < 4.78 is 1.77. The van der Waals surface area contributed by atoms with Gasteiger partial charge in [-0.25, -0.2) is 0 Å². The fourth-order valence-electron chi connectivity index (χ4n) is 2.07. The van der Waals surface area contributed by atoms with Crippen molar-refractivity contribution in [3.8, 4) is 0 Å². The summed E-state index contributed by atoms with van der Waals surface area (Å²) in [5.74, 6) is 0.645. The number of likely N-dealkylation sites (tertiary alicyclic amines) is 1. The highest BCUT2D eigenvalue weighted by Crippen LogP contribution is 2.17. The highest BCUT2D eigenvalue weighted by molar-refractivity contribution is 5.70. The number of nitrogens with zero attached hydrogens (tertiary/aromatic N) is 4. The lowest BCUT2D eigenvalue weighted by atomic mass is 10.1. The Morgan fingerprint density at radius 1 is 1.67 bits per heavy atom. The normalized spacial score (nSPS) is 22.1. The van der Waals surface area contributed by atoms with Crippen molar-refractivity contribution in [2.24, 2.45) is 5.92 Å². The second-order valence-electron chi connectivity index (χ2n) is 4.03. The minimum absolute atomic E-state index is 0.417. The van der Waals surface area contributed by atoms with Crippen LogP contribution in [0.15, 0.2) is 6.20 Å². The maximum atomic E-state index is 10.4. The van der Waals surface area contributed by atoms with Gasteiger partial charge in [0, 0.05) is 13.1 Å². The Hall–Kier alpha value is -1.23. The smallest absolute Gasteiger partial charge is 0.171 e. The molecule has 5 nitrogen and oxygen atoms in total. The van der Waals surface area contributed by atoms with Crippen LogP contribution in [0.4, 0.5) is 0 Å². The Balaban J connectivity index is 1.89. The van der Waals surface area contributed by atoms with Gasteiger partial charge in [-0.15, -0.1) is 5.10 Å². The Bertz CT molecular complexity index is 336. The van der Waals surface area contributed by atoms with Gasteiger partial charge in [-0.3, -0.25) is 9.48 Å². The van der Waals surface area contributed by atoms with Gasteiger partial charge in [0.25, 0.3) is 0 Å². The van der Waals surface area contributed by atoms with Crippen molar-refractivity contribution in [2.75, 3.05) is 19.6 Å². The average molecular weight is 208 g/mol. The van der Waals surface area contributed by atoms with Gasteiger partial charge in [0.05, 0.1) is 6.20 Å². The Morgan fingerprint density at radius 3 is 3.13 bits per heavy atom. The van der Waals surface area contributed by atoms with Crippen LogP contribution in [0.25, 0.3) is 0 Å². The van der Waals surface area contributed by atoms with E-state index in [1.54, 1.807) is 10.9 Å². The molecule has 0 bridgehead atoms. The Kier molecular flexibility index (Phi) is 3.11. The number of aldehydes is 1. The summed E-state index contributed by atoms with van der Waals surface area (Å²) in [4.78, 5) is 12.9. The predicted octanol–water partition coefficient (Wildman–Crippen LogP) is 0.432. The van der Waals surface area contributed by atoms with Crippen molar-refractivity contribution in [3.05, 3.63) is 11.9 Å². The molecule has 1 aromatic rings. The van der Waals surface area contributed by atoms with Crippen molar-refractivity contribution in [1.82, 2.24) is 19.9 Å². The Morgan fingerprint density at radius 2 is 2.53 bits per heavy atom. The van der Waals surface area contributed by atoms with Crippen molar-refractivity contribution >= 4 is 6.29 Å². The van der Waals surface area contributed by atoms with Crippen molar-refractivity contribution in [3.63, 3.8) is 0 Å². The van der Waals surface area contributed by atoms with Crippen molar-refractivity contribution < 1.29 is 4.79 Å². The number of carbonyl (C=O) groups excluding carboxylic acids is 1. The molecule has 1 aromatic heterocycles. The number of rotatable bonds is 4. The molecular weight excluding hydrogens is 192 g/mol. The summed E-state index contributed by atoms with van der Waals surface area (Å²) in [5.41, 5.74) is 0.417. The monoisotopic (exact) mass is 208 g/mol. The molecule has 1 aliphatic rings. The molecule has 0 radical (unpaired) electrons. The molecule has 0 spiro atoms. The molecule has 82 valence electrons. The standard InChI is InChI=1S/C10H16N4O/c1-2-13-4-3-9(5-13)6-14-7-10(8-15)11-12-14/h7-9H,2-6H2,1H3. The SMILES string of the molecule is CCN1CCC(Cn2cc(C=O)nn2)C1. The zero-order valence-electron chi connectivity index (χ0n) is 8.96. The second-order valence-corrected chi connectivity index (χ2v) is 4.03. The topological polar surface area (TPSA) is 51.0 Å². The van der Waals surface area contributed by atoms with Gasteiger partial charge in [0.1, 0.15) is 5.69 Å². The van der Waals surface area contributed by atoms with E-state index in [0.29, 0.717) is 11.6 Å². The lowest BCUT2D eigenvalue weighted by Gasteiger charge is -2.12. The number of aromatic nitrogens is 3. The molecule has 1 aliphatic heterocycles. The molecule has 0 amide bonds. The van der Waals surface area contributed by atoms with E-state index in [2.05, 4.69) is 22.1 Å². The molecule has 0 aliphatic carbocycles. The molecule has 1 atom stereocenters. The van der Waals surface area contributed by atoms with Crippen LogP contribution in [-0.2, 0) is 6.54 Å². The zero-order valence-corrected chi connectivity index (χ0v) is 8.96. The van der Waals surface area contributed by atoms with Gasteiger partial charge in [-0.1, -0.05) is 12.1 Å². The maximum absolute atomic E-state index is 10.4. The van der Waals surface area contributed by atoms with Crippen LogP contribution in [-0.4, -0.2) is 45.8 Å². The summed E-state index contributed by atoms with van der Waals surface area (Å²) in [6.07, 6.45) is 3.65. The van der Waals surface area contributed by atoms with Crippen LogP contribution in [0.3, 0.4) is 0 Å². The molecule has 0 aromatic carbocycles.